The van der Waals surface area contributed by atoms with Gasteiger partial charge >= 0.3 is 0 Å². The highest BCUT2D eigenvalue weighted by Crippen LogP contribution is 2.01. The van der Waals surface area contributed by atoms with Gasteiger partial charge in [0.15, 0.2) is 6.29 Å². The third kappa shape index (κ3) is 9.88. The van der Waals surface area contributed by atoms with Crippen LogP contribution in [0, 0.1) is 5.92 Å². The minimum atomic E-state index is -1.16. The molecule has 3 nitrogen and oxygen atoms in total. The van der Waals surface area contributed by atoms with E-state index in [0.29, 0.717) is 13.0 Å². The van der Waals surface area contributed by atoms with Crippen molar-refractivity contribution < 1.29 is 10.2 Å². The van der Waals surface area contributed by atoms with Crippen LogP contribution >= 0.6 is 0 Å². The number of aliphatic hydroxyl groups excluding tert-OH is 1. The summed E-state index contributed by atoms with van der Waals surface area (Å²) in [6, 6.07) is 0. The van der Waals surface area contributed by atoms with Crippen LogP contribution in [0.15, 0.2) is 0 Å². The fourth-order valence-corrected chi connectivity index (χ4v) is 0.991. The molecule has 0 spiro atoms. The molecule has 3 heteroatoms. The molecule has 3 N–H and O–H groups in total. The monoisotopic (exact) mass is 175 g/mol. The Balaban J connectivity index is 2.91. The van der Waals surface area contributed by atoms with E-state index >= 15 is 0 Å². The largest absolute Gasteiger partial charge is 0.368 e. The fraction of sp³-hybridized carbons (Fsp3) is 1.00. The predicted molar refractivity (Wildman–Crippen MR) is 49.8 cm³/mol. The third-order valence-corrected chi connectivity index (χ3v) is 1.71. The van der Waals surface area contributed by atoms with Crippen LogP contribution in [-0.2, 0) is 0 Å². The number of hydrogen-bond acceptors (Lipinski definition) is 3. The fourth-order valence-electron chi connectivity index (χ4n) is 0.991. The van der Waals surface area contributed by atoms with Gasteiger partial charge in [-0.05, 0) is 31.8 Å². The molecule has 0 unspecified atom stereocenters. The van der Waals surface area contributed by atoms with Crippen LogP contribution in [0.5, 0.6) is 0 Å². The van der Waals surface area contributed by atoms with Crippen LogP contribution in [0.4, 0.5) is 0 Å². The summed E-state index contributed by atoms with van der Waals surface area (Å²) < 4.78 is 0. The molecule has 0 aromatic heterocycles. The van der Waals surface area contributed by atoms with Gasteiger partial charge in [-0.3, -0.25) is 0 Å². The van der Waals surface area contributed by atoms with Crippen molar-refractivity contribution in [3.05, 3.63) is 0 Å². The maximum atomic E-state index is 8.51. The number of nitrogens with one attached hydrogen (secondary N) is 1. The topological polar surface area (TPSA) is 52.5 Å². The molecule has 0 aromatic rings. The molecule has 0 bridgehead atoms. The maximum absolute atomic E-state index is 8.51. The molecule has 0 saturated heterocycles. The van der Waals surface area contributed by atoms with Crippen molar-refractivity contribution in [2.75, 3.05) is 13.1 Å². The summed E-state index contributed by atoms with van der Waals surface area (Å²) in [7, 11) is 0. The van der Waals surface area contributed by atoms with E-state index in [1.165, 1.54) is 12.8 Å². The van der Waals surface area contributed by atoms with Crippen LogP contribution < -0.4 is 5.32 Å². The van der Waals surface area contributed by atoms with Crippen LogP contribution in [0.25, 0.3) is 0 Å². The van der Waals surface area contributed by atoms with Crippen molar-refractivity contribution in [3.8, 4) is 0 Å². The minimum Gasteiger partial charge on any atom is -0.368 e. The van der Waals surface area contributed by atoms with E-state index in [4.69, 9.17) is 10.2 Å². The molecule has 0 aromatic carbocycles. The third-order valence-electron chi connectivity index (χ3n) is 1.71. The van der Waals surface area contributed by atoms with Gasteiger partial charge in [0.1, 0.15) is 0 Å². The van der Waals surface area contributed by atoms with Crippen molar-refractivity contribution in [3.63, 3.8) is 0 Å². The van der Waals surface area contributed by atoms with E-state index < -0.39 is 6.29 Å². The van der Waals surface area contributed by atoms with Gasteiger partial charge in [-0.1, -0.05) is 13.8 Å². The van der Waals surface area contributed by atoms with Gasteiger partial charge in [-0.15, -0.1) is 0 Å². The molecule has 0 heterocycles. The predicted octanol–water partition coefficient (Wildman–Crippen LogP) is 0.713. The van der Waals surface area contributed by atoms with E-state index in [2.05, 4.69) is 19.2 Å². The number of rotatable bonds is 7. The normalized spacial score (nSPS) is 11.5. The van der Waals surface area contributed by atoms with Gasteiger partial charge in [0.2, 0.25) is 0 Å². The zero-order chi connectivity index (χ0) is 9.40. The number of hydrogen-bond donors (Lipinski definition) is 3. The average Bonchev–Trinajstić information content (AvgIpc) is 1.95. The highest BCUT2D eigenvalue weighted by Gasteiger charge is 1.96. The lowest BCUT2D eigenvalue weighted by molar-refractivity contribution is -0.0443. The van der Waals surface area contributed by atoms with Crippen molar-refractivity contribution in [2.24, 2.45) is 5.92 Å². The van der Waals surface area contributed by atoms with Gasteiger partial charge in [-0.25, -0.2) is 0 Å². The van der Waals surface area contributed by atoms with Gasteiger partial charge in [0, 0.05) is 6.42 Å². The standard InChI is InChI=1S/C9H21NO2/c1-8(2)4-3-6-10-7-5-9(11)12/h8-12H,3-7H2,1-2H3. The van der Waals surface area contributed by atoms with Crippen LogP contribution in [-0.4, -0.2) is 29.6 Å². The van der Waals surface area contributed by atoms with Crippen LogP contribution in [0.2, 0.25) is 0 Å². The Bertz CT molecular complexity index is 82.5. The van der Waals surface area contributed by atoms with Crippen LogP contribution in [0.3, 0.4) is 0 Å². The molecule has 0 radical (unpaired) electrons. The molecular formula is C9H21NO2. The zero-order valence-electron chi connectivity index (χ0n) is 8.08. The molecule has 0 rings (SSSR count). The molecule has 0 aliphatic heterocycles. The Morgan fingerprint density at radius 3 is 2.25 bits per heavy atom. The quantitative estimate of drug-likeness (QED) is 0.394. The molecule has 74 valence electrons. The van der Waals surface area contributed by atoms with Gasteiger partial charge in [0.25, 0.3) is 0 Å². The van der Waals surface area contributed by atoms with Crippen molar-refractivity contribution in [2.45, 2.75) is 39.4 Å². The first kappa shape index (κ1) is 11.9. The maximum Gasteiger partial charge on any atom is 0.152 e. The molecule has 0 fully saturated rings. The lowest BCUT2D eigenvalue weighted by Gasteiger charge is -2.07. The summed E-state index contributed by atoms with van der Waals surface area (Å²) in [5.41, 5.74) is 0. The second kappa shape index (κ2) is 7.53. The Morgan fingerprint density at radius 2 is 1.75 bits per heavy atom. The second-order valence-electron chi connectivity index (χ2n) is 3.56. The molecule has 0 amide bonds. The minimum absolute atomic E-state index is 0.418. The Labute approximate surface area is 74.8 Å². The summed E-state index contributed by atoms with van der Waals surface area (Å²) >= 11 is 0. The zero-order valence-corrected chi connectivity index (χ0v) is 8.08. The van der Waals surface area contributed by atoms with Crippen molar-refractivity contribution in [1.82, 2.24) is 5.32 Å². The first-order chi connectivity index (χ1) is 5.63. The first-order valence-corrected chi connectivity index (χ1v) is 4.69. The van der Waals surface area contributed by atoms with E-state index in [9.17, 15) is 0 Å². The summed E-state index contributed by atoms with van der Waals surface area (Å²) in [6.07, 6.45) is 1.65. The molecular weight excluding hydrogens is 154 g/mol. The van der Waals surface area contributed by atoms with Crippen molar-refractivity contribution >= 4 is 0 Å². The summed E-state index contributed by atoms with van der Waals surface area (Å²) in [5, 5.41) is 20.2. The lowest BCUT2D eigenvalue weighted by Crippen LogP contribution is -2.21. The summed E-state index contributed by atoms with van der Waals surface area (Å²) in [6.45, 7) is 6.08. The van der Waals surface area contributed by atoms with Crippen LogP contribution in [0.1, 0.15) is 33.1 Å². The highest BCUT2D eigenvalue weighted by atomic mass is 16.5. The summed E-state index contributed by atoms with van der Waals surface area (Å²) in [4.78, 5) is 0. The number of aliphatic hydroxyl groups is 2. The smallest absolute Gasteiger partial charge is 0.152 e. The Morgan fingerprint density at radius 1 is 1.08 bits per heavy atom. The Hall–Kier alpha value is -0.120. The second-order valence-corrected chi connectivity index (χ2v) is 3.56. The highest BCUT2D eigenvalue weighted by molar-refractivity contribution is 4.51. The van der Waals surface area contributed by atoms with Gasteiger partial charge in [0.05, 0.1) is 0 Å². The lowest BCUT2D eigenvalue weighted by atomic mass is 10.1. The Kier molecular flexibility index (Phi) is 7.45. The van der Waals surface area contributed by atoms with E-state index in [1.807, 2.05) is 0 Å². The van der Waals surface area contributed by atoms with E-state index in [-0.39, 0.29) is 0 Å². The average molecular weight is 175 g/mol. The van der Waals surface area contributed by atoms with Gasteiger partial charge in [-0.2, -0.15) is 0 Å². The van der Waals surface area contributed by atoms with E-state index in [1.54, 1.807) is 0 Å². The SMILES string of the molecule is CC(C)CCCNCCC(O)O. The summed E-state index contributed by atoms with van der Waals surface area (Å²) in [5.74, 6) is 0.759. The molecule has 0 saturated carbocycles. The van der Waals surface area contributed by atoms with E-state index in [0.717, 1.165) is 12.5 Å². The first-order valence-electron chi connectivity index (χ1n) is 4.69. The molecule has 0 atom stereocenters. The molecule has 0 aliphatic carbocycles. The van der Waals surface area contributed by atoms with Crippen molar-refractivity contribution in [1.29, 1.82) is 0 Å². The molecule has 12 heavy (non-hydrogen) atoms. The molecule has 0 aliphatic rings. The van der Waals surface area contributed by atoms with Gasteiger partial charge < -0.3 is 15.5 Å².